The number of aromatic nitrogens is 4. The maximum atomic E-state index is 12.9. The Bertz CT molecular complexity index is 755. The Morgan fingerprint density at radius 3 is 2.78 bits per heavy atom. The molecule has 122 valence electrons. The maximum absolute atomic E-state index is 12.9. The number of carbonyl (C=O) groups is 1. The molecule has 2 aliphatic rings. The van der Waals surface area contributed by atoms with Crippen LogP contribution in [0, 0.1) is 13.8 Å². The van der Waals surface area contributed by atoms with Gasteiger partial charge >= 0.3 is 0 Å². The molecule has 1 aliphatic heterocycles. The van der Waals surface area contributed by atoms with E-state index in [9.17, 15) is 4.79 Å². The molecule has 1 atom stereocenters. The highest BCUT2D eigenvalue weighted by molar-refractivity contribution is 5.80. The number of fused-ring (bicyclic) bond motifs is 1. The zero-order valence-corrected chi connectivity index (χ0v) is 14.0. The fraction of sp³-hybridized carbons (Fsp3) is 0.588. The van der Waals surface area contributed by atoms with Crippen LogP contribution in [-0.2, 0) is 17.8 Å². The summed E-state index contributed by atoms with van der Waals surface area (Å²) >= 11 is 0. The molecule has 6 nitrogen and oxygen atoms in total. The molecule has 2 aromatic heterocycles. The molecule has 1 aliphatic carbocycles. The van der Waals surface area contributed by atoms with Crippen LogP contribution in [0.4, 0.5) is 0 Å². The van der Waals surface area contributed by atoms with Gasteiger partial charge in [-0.25, -0.2) is 4.98 Å². The zero-order valence-electron chi connectivity index (χ0n) is 14.0. The number of carbonyl (C=O) groups excluding carboxylic acids is 1. The lowest BCUT2D eigenvalue weighted by Crippen LogP contribution is -2.40. The van der Waals surface area contributed by atoms with Gasteiger partial charge in [0.1, 0.15) is 6.04 Å². The van der Waals surface area contributed by atoms with Crippen molar-refractivity contribution in [2.24, 2.45) is 0 Å². The van der Waals surface area contributed by atoms with Gasteiger partial charge in [0.15, 0.2) is 0 Å². The molecule has 1 saturated carbocycles. The Kier molecular flexibility index (Phi) is 3.28. The average Bonchev–Trinajstić information content (AvgIpc) is 3.20. The van der Waals surface area contributed by atoms with Crippen LogP contribution in [0.15, 0.2) is 12.4 Å². The molecular formula is C17H23N5O. The molecule has 0 spiro atoms. The highest BCUT2D eigenvalue weighted by Crippen LogP contribution is 2.37. The summed E-state index contributed by atoms with van der Waals surface area (Å²) in [5.41, 5.74) is 4.37. The third-order valence-corrected chi connectivity index (χ3v) is 4.96. The molecular weight excluding hydrogens is 290 g/mol. The van der Waals surface area contributed by atoms with Crippen molar-refractivity contribution in [1.82, 2.24) is 24.2 Å². The molecule has 4 rings (SSSR count). The van der Waals surface area contributed by atoms with Crippen molar-refractivity contribution in [1.29, 1.82) is 0 Å². The molecule has 2 aromatic rings. The number of amides is 1. The van der Waals surface area contributed by atoms with Gasteiger partial charge in [-0.15, -0.1) is 0 Å². The predicted molar refractivity (Wildman–Crippen MR) is 86.0 cm³/mol. The Morgan fingerprint density at radius 2 is 2.13 bits per heavy atom. The lowest BCUT2D eigenvalue weighted by atomic mass is 10.1. The quantitative estimate of drug-likeness (QED) is 0.872. The Morgan fingerprint density at radius 1 is 1.35 bits per heavy atom. The van der Waals surface area contributed by atoms with Crippen molar-refractivity contribution >= 4 is 5.91 Å². The molecule has 0 bridgehead atoms. The van der Waals surface area contributed by atoms with E-state index in [-0.39, 0.29) is 11.9 Å². The molecule has 0 unspecified atom stereocenters. The van der Waals surface area contributed by atoms with Gasteiger partial charge in [0.25, 0.3) is 0 Å². The first kappa shape index (κ1) is 14.5. The standard InChI is InChI=1S/C17H23N5O/c1-11-8-12(2)22(19-11)13(3)17(23)20-7-6-16-15(9-20)18-10-21(16)14-4-5-14/h8,10,13-14H,4-7,9H2,1-3H3/t13-/m1/s1. The number of nitrogens with zero attached hydrogens (tertiary/aromatic N) is 5. The summed E-state index contributed by atoms with van der Waals surface area (Å²) in [7, 11) is 0. The molecule has 0 radical (unpaired) electrons. The summed E-state index contributed by atoms with van der Waals surface area (Å²) in [5.74, 6) is 0.128. The van der Waals surface area contributed by atoms with Gasteiger partial charge in [0, 0.05) is 30.4 Å². The summed E-state index contributed by atoms with van der Waals surface area (Å²) in [5, 5.41) is 4.46. The van der Waals surface area contributed by atoms with Crippen LogP contribution >= 0.6 is 0 Å². The normalized spacial score (nSPS) is 18.8. The van der Waals surface area contributed by atoms with E-state index in [1.807, 2.05) is 42.7 Å². The zero-order chi connectivity index (χ0) is 16.1. The van der Waals surface area contributed by atoms with Crippen LogP contribution in [0.1, 0.15) is 54.6 Å². The topological polar surface area (TPSA) is 56.0 Å². The first-order valence-corrected chi connectivity index (χ1v) is 8.40. The molecule has 3 heterocycles. The molecule has 23 heavy (non-hydrogen) atoms. The number of hydrogen-bond acceptors (Lipinski definition) is 3. The minimum atomic E-state index is -0.268. The second kappa shape index (κ2) is 5.22. The summed E-state index contributed by atoms with van der Waals surface area (Å²) in [4.78, 5) is 19.3. The van der Waals surface area contributed by atoms with Crippen LogP contribution in [0.2, 0.25) is 0 Å². The summed E-state index contributed by atoms with van der Waals surface area (Å²) in [6.45, 7) is 7.28. The number of rotatable bonds is 3. The van der Waals surface area contributed by atoms with Crippen LogP contribution in [0.3, 0.4) is 0 Å². The smallest absolute Gasteiger partial charge is 0.247 e. The maximum Gasteiger partial charge on any atom is 0.247 e. The molecule has 0 aromatic carbocycles. The van der Waals surface area contributed by atoms with Gasteiger partial charge in [0.2, 0.25) is 5.91 Å². The van der Waals surface area contributed by atoms with Crippen molar-refractivity contribution in [3.8, 4) is 0 Å². The van der Waals surface area contributed by atoms with Crippen molar-refractivity contribution in [3.05, 3.63) is 35.2 Å². The first-order chi connectivity index (χ1) is 11.0. The van der Waals surface area contributed by atoms with Crippen LogP contribution in [0.25, 0.3) is 0 Å². The minimum Gasteiger partial charge on any atom is -0.334 e. The largest absolute Gasteiger partial charge is 0.334 e. The molecule has 0 N–H and O–H groups in total. The van der Waals surface area contributed by atoms with E-state index < -0.39 is 0 Å². The van der Waals surface area contributed by atoms with Crippen LogP contribution in [0.5, 0.6) is 0 Å². The second-order valence-electron chi connectivity index (χ2n) is 6.83. The van der Waals surface area contributed by atoms with Gasteiger partial charge in [-0.1, -0.05) is 0 Å². The monoisotopic (exact) mass is 313 g/mol. The third kappa shape index (κ3) is 2.46. The van der Waals surface area contributed by atoms with Gasteiger partial charge < -0.3 is 9.47 Å². The van der Waals surface area contributed by atoms with E-state index in [2.05, 4.69) is 14.6 Å². The molecule has 6 heteroatoms. The van der Waals surface area contributed by atoms with Crippen molar-refractivity contribution in [2.45, 2.75) is 58.7 Å². The lowest BCUT2D eigenvalue weighted by molar-refractivity contribution is -0.135. The number of aryl methyl sites for hydroxylation is 2. The van der Waals surface area contributed by atoms with E-state index in [1.165, 1.54) is 18.5 Å². The molecule has 0 saturated heterocycles. The van der Waals surface area contributed by atoms with Gasteiger partial charge in [0.05, 0.1) is 24.3 Å². The van der Waals surface area contributed by atoms with E-state index in [1.54, 1.807) is 0 Å². The fourth-order valence-electron chi connectivity index (χ4n) is 3.59. The summed E-state index contributed by atoms with van der Waals surface area (Å²) in [6.07, 6.45) is 5.39. The third-order valence-electron chi connectivity index (χ3n) is 4.96. The minimum absolute atomic E-state index is 0.128. The summed E-state index contributed by atoms with van der Waals surface area (Å²) in [6, 6.07) is 2.40. The second-order valence-corrected chi connectivity index (χ2v) is 6.83. The van der Waals surface area contributed by atoms with Gasteiger partial charge in [-0.05, 0) is 39.7 Å². The molecule has 1 fully saturated rings. The summed E-state index contributed by atoms with van der Waals surface area (Å²) < 4.78 is 4.15. The SMILES string of the molecule is Cc1cc(C)n([C@H](C)C(=O)N2CCc3c(ncn3C3CC3)C2)n1. The van der Waals surface area contributed by atoms with Crippen LogP contribution in [-0.4, -0.2) is 36.7 Å². The van der Waals surface area contributed by atoms with Crippen molar-refractivity contribution in [2.75, 3.05) is 6.54 Å². The van der Waals surface area contributed by atoms with E-state index in [0.29, 0.717) is 12.6 Å². The van der Waals surface area contributed by atoms with Crippen molar-refractivity contribution in [3.63, 3.8) is 0 Å². The van der Waals surface area contributed by atoms with Crippen LogP contribution < -0.4 is 0 Å². The highest BCUT2D eigenvalue weighted by Gasteiger charge is 2.32. The average molecular weight is 313 g/mol. The van der Waals surface area contributed by atoms with E-state index in [4.69, 9.17) is 0 Å². The fourth-order valence-corrected chi connectivity index (χ4v) is 3.59. The van der Waals surface area contributed by atoms with E-state index in [0.717, 1.165) is 30.0 Å². The number of hydrogen-bond donors (Lipinski definition) is 0. The van der Waals surface area contributed by atoms with Crippen molar-refractivity contribution < 1.29 is 4.79 Å². The Labute approximate surface area is 136 Å². The predicted octanol–water partition coefficient (Wildman–Crippen LogP) is 2.18. The highest BCUT2D eigenvalue weighted by atomic mass is 16.2. The Balaban J connectivity index is 1.52. The van der Waals surface area contributed by atoms with E-state index >= 15 is 0 Å². The number of imidazole rings is 1. The Hall–Kier alpha value is -2.11. The van der Waals surface area contributed by atoms with Gasteiger partial charge in [-0.2, -0.15) is 5.10 Å². The lowest BCUT2D eigenvalue weighted by Gasteiger charge is -2.29. The van der Waals surface area contributed by atoms with Gasteiger partial charge in [-0.3, -0.25) is 9.48 Å². The molecule has 1 amide bonds. The first-order valence-electron chi connectivity index (χ1n) is 8.40.